The number of carbonyl (C=O) groups excluding carboxylic acids is 1. The SMILES string of the molecule is CCCN(CCC)S(=O)(=O)c1cncc(C(=O)N[C@@H](Cc2ccccc2)[C@H](O)CNC2(c3cccc(OC)c3)CCCCC2)c1. The molecule has 0 bridgehead atoms. The van der Waals surface area contributed by atoms with Gasteiger partial charge in [0.1, 0.15) is 10.6 Å². The fourth-order valence-electron chi connectivity index (χ4n) is 6.17. The van der Waals surface area contributed by atoms with Gasteiger partial charge in [-0.3, -0.25) is 9.78 Å². The molecule has 2 atom stereocenters. The first-order valence-corrected chi connectivity index (χ1v) is 17.5. The standard InChI is InChI=1S/C35H48N4O5S/c1-4-19-39(20-5-2)45(42,43)31-22-28(24-36-25-31)34(41)38-32(21-27-13-8-6-9-14-27)33(40)26-37-35(17-10-7-11-18-35)29-15-12-16-30(23-29)44-3/h6,8-9,12-16,22-25,32-33,37,40H,4-5,7,10-11,17-21,26H2,1-3H3,(H,38,41)/t32-,33+/m0/s1. The largest absolute Gasteiger partial charge is 0.497 e. The Morgan fingerprint density at radius 3 is 2.38 bits per heavy atom. The zero-order chi connectivity index (χ0) is 32.3. The fraction of sp³-hybridized carbons (Fsp3) is 0.486. The number of aliphatic hydroxyl groups is 1. The predicted molar refractivity (Wildman–Crippen MR) is 177 cm³/mol. The summed E-state index contributed by atoms with van der Waals surface area (Å²) in [6.45, 7) is 4.90. The molecule has 1 heterocycles. The van der Waals surface area contributed by atoms with E-state index >= 15 is 0 Å². The molecule has 1 amide bonds. The van der Waals surface area contributed by atoms with Crippen LogP contribution in [0.15, 0.2) is 78.0 Å². The Kier molecular flexibility index (Phi) is 12.5. The number of hydrogen-bond acceptors (Lipinski definition) is 7. The van der Waals surface area contributed by atoms with Gasteiger partial charge in [-0.2, -0.15) is 4.31 Å². The van der Waals surface area contributed by atoms with E-state index < -0.39 is 28.1 Å². The topological polar surface area (TPSA) is 121 Å². The number of benzene rings is 2. The molecule has 1 aliphatic rings. The van der Waals surface area contributed by atoms with E-state index in [9.17, 15) is 18.3 Å². The van der Waals surface area contributed by atoms with Gasteiger partial charge in [0.05, 0.1) is 24.8 Å². The van der Waals surface area contributed by atoms with Crippen molar-refractivity contribution in [2.24, 2.45) is 0 Å². The maximum Gasteiger partial charge on any atom is 0.253 e. The number of hydrogen-bond donors (Lipinski definition) is 3. The first kappa shape index (κ1) is 34.6. The molecule has 0 unspecified atom stereocenters. The van der Waals surface area contributed by atoms with Gasteiger partial charge in [0.25, 0.3) is 5.91 Å². The monoisotopic (exact) mass is 636 g/mol. The Balaban J connectivity index is 1.56. The molecular formula is C35H48N4O5S. The van der Waals surface area contributed by atoms with Crippen molar-refractivity contribution >= 4 is 15.9 Å². The number of carbonyl (C=O) groups is 1. The van der Waals surface area contributed by atoms with Crippen molar-refractivity contribution in [1.29, 1.82) is 0 Å². The highest BCUT2D eigenvalue weighted by Gasteiger charge is 2.35. The molecular weight excluding hydrogens is 588 g/mol. The van der Waals surface area contributed by atoms with Crippen LogP contribution in [0.25, 0.3) is 0 Å². The molecule has 1 fully saturated rings. The number of nitrogens with one attached hydrogen (secondary N) is 2. The highest BCUT2D eigenvalue weighted by atomic mass is 32.2. The van der Waals surface area contributed by atoms with Crippen molar-refractivity contribution in [2.75, 3.05) is 26.7 Å². The van der Waals surface area contributed by atoms with Crippen LogP contribution in [0.3, 0.4) is 0 Å². The summed E-state index contributed by atoms with van der Waals surface area (Å²) >= 11 is 0. The molecule has 10 heteroatoms. The van der Waals surface area contributed by atoms with Crippen molar-refractivity contribution in [2.45, 2.75) is 87.8 Å². The van der Waals surface area contributed by atoms with E-state index in [1.165, 1.54) is 29.2 Å². The number of methoxy groups -OCH3 is 1. The van der Waals surface area contributed by atoms with Crippen LogP contribution in [0.5, 0.6) is 5.75 Å². The summed E-state index contributed by atoms with van der Waals surface area (Å²) in [7, 11) is -2.15. The smallest absolute Gasteiger partial charge is 0.253 e. The molecule has 1 saturated carbocycles. The van der Waals surface area contributed by atoms with Crippen LogP contribution < -0.4 is 15.4 Å². The first-order valence-electron chi connectivity index (χ1n) is 16.1. The van der Waals surface area contributed by atoms with E-state index in [1.807, 2.05) is 56.3 Å². The van der Waals surface area contributed by atoms with Crippen LogP contribution in [0.1, 0.15) is 80.3 Å². The molecule has 0 spiro atoms. The van der Waals surface area contributed by atoms with E-state index in [0.29, 0.717) is 32.4 Å². The summed E-state index contributed by atoms with van der Waals surface area (Å²) in [5.74, 6) is 0.302. The number of amides is 1. The molecule has 2 aromatic carbocycles. The molecule has 45 heavy (non-hydrogen) atoms. The summed E-state index contributed by atoms with van der Waals surface area (Å²) in [6, 6.07) is 18.5. The van der Waals surface area contributed by atoms with Gasteiger partial charge in [-0.15, -0.1) is 0 Å². The number of pyridine rings is 1. The quantitative estimate of drug-likeness (QED) is 0.201. The van der Waals surface area contributed by atoms with Crippen molar-refractivity contribution in [3.63, 3.8) is 0 Å². The van der Waals surface area contributed by atoms with Gasteiger partial charge in [0.15, 0.2) is 0 Å². The normalized spacial score (nSPS) is 16.2. The minimum atomic E-state index is -3.81. The molecule has 3 aromatic rings. The van der Waals surface area contributed by atoms with Gasteiger partial charge in [0.2, 0.25) is 10.0 Å². The second-order valence-electron chi connectivity index (χ2n) is 11.9. The van der Waals surface area contributed by atoms with Gasteiger partial charge in [-0.25, -0.2) is 8.42 Å². The van der Waals surface area contributed by atoms with Crippen LogP contribution in [-0.2, 0) is 22.0 Å². The maximum absolute atomic E-state index is 13.6. The first-order chi connectivity index (χ1) is 21.7. The fourth-order valence-corrected chi connectivity index (χ4v) is 7.79. The van der Waals surface area contributed by atoms with Gasteiger partial charge < -0.3 is 20.5 Å². The van der Waals surface area contributed by atoms with Crippen molar-refractivity contribution in [1.82, 2.24) is 19.9 Å². The number of nitrogens with zero attached hydrogens (tertiary/aromatic N) is 2. The second kappa shape index (κ2) is 16.3. The van der Waals surface area contributed by atoms with Gasteiger partial charge in [0, 0.05) is 37.6 Å². The van der Waals surface area contributed by atoms with Crippen molar-refractivity contribution in [3.05, 3.63) is 89.7 Å². The average Bonchev–Trinajstić information content (AvgIpc) is 3.07. The van der Waals surface area contributed by atoms with Crippen molar-refractivity contribution in [3.8, 4) is 5.75 Å². The highest BCUT2D eigenvalue weighted by Crippen LogP contribution is 2.38. The van der Waals surface area contributed by atoms with E-state index in [4.69, 9.17) is 4.74 Å². The lowest BCUT2D eigenvalue weighted by Gasteiger charge is -2.40. The third-order valence-electron chi connectivity index (χ3n) is 8.62. The van der Waals surface area contributed by atoms with Gasteiger partial charge in [-0.05, 0) is 61.4 Å². The molecule has 1 aliphatic carbocycles. The lowest BCUT2D eigenvalue weighted by Crippen LogP contribution is -2.53. The zero-order valence-electron chi connectivity index (χ0n) is 26.7. The van der Waals surface area contributed by atoms with E-state index in [0.717, 1.165) is 42.6 Å². The van der Waals surface area contributed by atoms with Crippen molar-refractivity contribution < 1.29 is 23.1 Å². The minimum Gasteiger partial charge on any atom is -0.497 e. The number of rotatable bonds is 16. The Bertz CT molecular complexity index is 1470. The van der Waals surface area contributed by atoms with Gasteiger partial charge in [-0.1, -0.05) is 75.6 Å². The van der Waals surface area contributed by atoms with E-state index in [-0.39, 0.29) is 22.5 Å². The van der Waals surface area contributed by atoms with E-state index in [2.05, 4.69) is 27.8 Å². The minimum absolute atomic E-state index is 0.0172. The molecule has 0 radical (unpaired) electrons. The number of ether oxygens (including phenoxy) is 1. The lowest BCUT2D eigenvalue weighted by molar-refractivity contribution is 0.0788. The third kappa shape index (κ3) is 8.91. The van der Waals surface area contributed by atoms with Crippen LogP contribution in [0.4, 0.5) is 0 Å². The average molecular weight is 637 g/mol. The summed E-state index contributed by atoms with van der Waals surface area (Å²) in [6.07, 6.45) is 8.66. The van der Waals surface area contributed by atoms with E-state index in [1.54, 1.807) is 7.11 Å². The Morgan fingerprint density at radius 1 is 1.00 bits per heavy atom. The molecule has 0 saturated heterocycles. The zero-order valence-corrected chi connectivity index (χ0v) is 27.6. The molecule has 0 aliphatic heterocycles. The van der Waals surface area contributed by atoms with Crippen LogP contribution in [0, 0.1) is 0 Å². The molecule has 9 nitrogen and oxygen atoms in total. The molecule has 1 aromatic heterocycles. The molecule has 3 N–H and O–H groups in total. The summed E-state index contributed by atoms with van der Waals surface area (Å²) in [4.78, 5) is 17.7. The maximum atomic E-state index is 13.6. The highest BCUT2D eigenvalue weighted by molar-refractivity contribution is 7.89. The van der Waals surface area contributed by atoms with Gasteiger partial charge >= 0.3 is 0 Å². The summed E-state index contributed by atoms with van der Waals surface area (Å²) in [5.41, 5.74) is 1.90. The molecule has 4 rings (SSSR count). The third-order valence-corrected chi connectivity index (χ3v) is 10.5. The van der Waals surface area contributed by atoms with Crippen LogP contribution in [0.2, 0.25) is 0 Å². The molecule has 244 valence electrons. The van der Waals surface area contributed by atoms with Crippen LogP contribution in [-0.4, -0.2) is 67.6 Å². The number of sulfonamides is 1. The summed E-state index contributed by atoms with van der Waals surface area (Å²) in [5, 5.41) is 18.3. The lowest BCUT2D eigenvalue weighted by atomic mass is 9.76. The number of aliphatic hydroxyl groups excluding tert-OH is 1. The predicted octanol–water partition coefficient (Wildman–Crippen LogP) is 5.05. The second-order valence-corrected chi connectivity index (χ2v) is 13.8. The summed E-state index contributed by atoms with van der Waals surface area (Å²) < 4.78 is 33.7. The Labute approximate surface area is 268 Å². The Hall–Kier alpha value is -3.31. The Morgan fingerprint density at radius 2 is 1.71 bits per heavy atom. The van der Waals surface area contributed by atoms with Crippen LogP contribution >= 0.6 is 0 Å². The number of aromatic nitrogens is 1.